The predicted octanol–water partition coefficient (Wildman–Crippen LogP) is 3.22. The van der Waals surface area contributed by atoms with Crippen LogP contribution in [0, 0.1) is 18.3 Å². The minimum Gasteiger partial charge on any atom is -0.372 e. The highest BCUT2D eigenvalue weighted by atomic mass is 32.1. The molecule has 1 aliphatic heterocycles. The normalized spacial score (nSPS) is 16.1. The summed E-state index contributed by atoms with van der Waals surface area (Å²) in [5.41, 5.74) is 3.94. The zero-order chi connectivity index (χ0) is 19.1. The molecule has 138 valence electrons. The molecule has 0 N–H and O–H groups in total. The summed E-state index contributed by atoms with van der Waals surface area (Å²) in [5, 5.41) is 9.57. The number of aryl methyl sites for hydroxylation is 1. The second-order valence-electron chi connectivity index (χ2n) is 6.75. The Labute approximate surface area is 162 Å². The van der Waals surface area contributed by atoms with E-state index in [1.54, 1.807) is 6.34 Å². The number of hydrogen-bond acceptors (Lipinski definition) is 4. The van der Waals surface area contributed by atoms with E-state index in [9.17, 15) is 5.26 Å². The van der Waals surface area contributed by atoms with E-state index in [1.165, 1.54) is 11.3 Å². The molecule has 5 nitrogen and oxygen atoms in total. The first-order valence-corrected chi connectivity index (χ1v) is 9.25. The van der Waals surface area contributed by atoms with Crippen molar-refractivity contribution in [3.63, 3.8) is 0 Å². The molecule has 0 unspecified atom stereocenters. The predicted molar refractivity (Wildman–Crippen MR) is 113 cm³/mol. The SMILES string of the molecule is CC(=C(C#N)C(=S)N=CN(C)C)N1CCCN(c2cccc(C)c2)CC1. The lowest BCUT2D eigenvalue weighted by Gasteiger charge is -2.26. The number of nitrogens with zero attached hydrogens (tertiary/aromatic N) is 5. The fourth-order valence-electron chi connectivity index (χ4n) is 3.01. The molecule has 0 bridgehead atoms. The third-order valence-corrected chi connectivity index (χ3v) is 4.74. The van der Waals surface area contributed by atoms with Crippen LogP contribution in [0.1, 0.15) is 18.9 Å². The molecule has 1 aromatic rings. The Morgan fingerprint density at radius 1 is 1.27 bits per heavy atom. The summed E-state index contributed by atoms with van der Waals surface area (Å²) in [5.74, 6) is 0. The average Bonchev–Trinajstić information content (AvgIpc) is 2.86. The van der Waals surface area contributed by atoms with Crippen molar-refractivity contribution in [2.24, 2.45) is 4.99 Å². The summed E-state index contributed by atoms with van der Waals surface area (Å²) < 4.78 is 0. The van der Waals surface area contributed by atoms with Gasteiger partial charge in [0.25, 0.3) is 0 Å². The molecular formula is C20H27N5S. The van der Waals surface area contributed by atoms with Crippen molar-refractivity contribution in [2.45, 2.75) is 20.3 Å². The van der Waals surface area contributed by atoms with Gasteiger partial charge in [0, 0.05) is 51.7 Å². The van der Waals surface area contributed by atoms with Crippen LogP contribution in [0.15, 0.2) is 40.5 Å². The molecule has 0 spiro atoms. The number of hydrogen-bond donors (Lipinski definition) is 0. The summed E-state index contributed by atoms with van der Waals surface area (Å²) in [6, 6.07) is 10.9. The average molecular weight is 370 g/mol. The first-order chi connectivity index (χ1) is 12.4. The van der Waals surface area contributed by atoms with Crippen molar-refractivity contribution in [3.8, 4) is 6.07 Å². The third-order valence-electron chi connectivity index (χ3n) is 4.43. The molecule has 0 aliphatic carbocycles. The molecule has 1 fully saturated rings. The van der Waals surface area contributed by atoms with Crippen molar-refractivity contribution in [1.82, 2.24) is 9.80 Å². The van der Waals surface area contributed by atoms with Crippen molar-refractivity contribution in [1.29, 1.82) is 5.26 Å². The molecule has 0 radical (unpaired) electrons. The van der Waals surface area contributed by atoms with Gasteiger partial charge in [-0.05, 0) is 38.0 Å². The van der Waals surface area contributed by atoms with Crippen LogP contribution in [0.3, 0.4) is 0 Å². The number of anilines is 1. The number of nitriles is 1. The van der Waals surface area contributed by atoms with Gasteiger partial charge in [0.15, 0.2) is 0 Å². The first kappa shape index (κ1) is 19.9. The monoisotopic (exact) mass is 369 g/mol. The molecule has 0 atom stereocenters. The van der Waals surface area contributed by atoms with Crippen LogP contribution in [0.25, 0.3) is 0 Å². The van der Waals surface area contributed by atoms with E-state index < -0.39 is 0 Å². The lowest BCUT2D eigenvalue weighted by atomic mass is 10.2. The topological polar surface area (TPSA) is 45.9 Å². The van der Waals surface area contributed by atoms with Gasteiger partial charge in [-0.3, -0.25) is 0 Å². The van der Waals surface area contributed by atoms with E-state index >= 15 is 0 Å². The quantitative estimate of drug-likeness (QED) is 0.268. The van der Waals surface area contributed by atoms with Gasteiger partial charge in [0.05, 0.1) is 6.34 Å². The third kappa shape index (κ3) is 5.30. The smallest absolute Gasteiger partial charge is 0.147 e. The molecule has 0 saturated carbocycles. The molecule has 1 aromatic carbocycles. The number of rotatable bonds is 4. The molecule has 1 heterocycles. The number of aliphatic imine (C=N–C) groups is 1. The maximum absolute atomic E-state index is 9.57. The van der Waals surface area contributed by atoms with E-state index in [-0.39, 0.29) is 0 Å². The second kappa shape index (κ2) is 9.35. The van der Waals surface area contributed by atoms with Crippen molar-refractivity contribution in [2.75, 3.05) is 45.2 Å². The van der Waals surface area contributed by atoms with E-state index in [0.717, 1.165) is 38.3 Å². The molecule has 0 amide bonds. The van der Waals surface area contributed by atoms with Gasteiger partial charge in [-0.15, -0.1) is 0 Å². The Balaban J connectivity index is 2.13. The van der Waals surface area contributed by atoms with Gasteiger partial charge in [-0.1, -0.05) is 24.4 Å². The van der Waals surface area contributed by atoms with Crippen LogP contribution < -0.4 is 4.90 Å². The maximum atomic E-state index is 9.57. The summed E-state index contributed by atoms with van der Waals surface area (Å²) in [6.07, 6.45) is 2.67. The summed E-state index contributed by atoms with van der Waals surface area (Å²) in [4.78, 5) is 11.0. The van der Waals surface area contributed by atoms with Crippen LogP contribution in [-0.4, -0.2) is 61.4 Å². The zero-order valence-corrected chi connectivity index (χ0v) is 16.9. The van der Waals surface area contributed by atoms with Crippen LogP contribution in [0.5, 0.6) is 0 Å². The Hall–Kier alpha value is -2.39. The highest BCUT2D eigenvalue weighted by Crippen LogP contribution is 2.20. The molecular weight excluding hydrogens is 342 g/mol. The van der Waals surface area contributed by atoms with Gasteiger partial charge in [-0.25, -0.2) is 4.99 Å². The van der Waals surface area contributed by atoms with Crippen molar-refractivity contribution in [3.05, 3.63) is 41.1 Å². The van der Waals surface area contributed by atoms with E-state index in [4.69, 9.17) is 12.2 Å². The lowest BCUT2D eigenvalue weighted by molar-refractivity contribution is 0.369. The van der Waals surface area contributed by atoms with Gasteiger partial charge >= 0.3 is 0 Å². The number of benzene rings is 1. The maximum Gasteiger partial charge on any atom is 0.147 e. The first-order valence-electron chi connectivity index (χ1n) is 8.85. The molecule has 1 saturated heterocycles. The Morgan fingerprint density at radius 3 is 2.69 bits per heavy atom. The Bertz CT molecular complexity index is 745. The second-order valence-corrected chi connectivity index (χ2v) is 7.14. The van der Waals surface area contributed by atoms with Crippen LogP contribution in [0.4, 0.5) is 5.69 Å². The minimum atomic E-state index is 0.346. The standard InChI is InChI=1S/C20H27N5S/c1-16-7-5-8-18(13-16)25-10-6-9-24(11-12-25)17(2)19(14-21)20(26)22-15-23(3)4/h5,7-8,13,15H,6,9-12H2,1-4H3. The van der Waals surface area contributed by atoms with Crippen molar-refractivity contribution >= 4 is 29.2 Å². The Kier molecular flexibility index (Phi) is 7.16. The van der Waals surface area contributed by atoms with Gasteiger partial charge in [-0.2, -0.15) is 5.26 Å². The van der Waals surface area contributed by atoms with Crippen molar-refractivity contribution < 1.29 is 0 Å². The molecule has 26 heavy (non-hydrogen) atoms. The van der Waals surface area contributed by atoms with Gasteiger partial charge in [0.2, 0.25) is 0 Å². The fraction of sp³-hybridized carbons (Fsp3) is 0.450. The summed E-state index contributed by atoms with van der Waals surface area (Å²) >= 11 is 5.34. The number of allylic oxidation sites excluding steroid dienone is 1. The summed E-state index contributed by atoms with van der Waals surface area (Å²) in [7, 11) is 3.76. The van der Waals surface area contributed by atoms with E-state index in [1.807, 2.05) is 25.9 Å². The largest absolute Gasteiger partial charge is 0.372 e. The molecule has 0 aromatic heterocycles. The highest BCUT2D eigenvalue weighted by molar-refractivity contribution is 7.80. The molecule has 2 rings (SSSR count). The summed E-state index contributed by atoms with van der Waals surface area (Å²) in [6.45, 7) is 7.81. The number of thiocarbonyl (C=S) groups is 1. The highest BCUT2D eigenvalue weighted by Gasteiger charge is 2.19. The van der Waals surface area contributed by atoms with E-state index in [0.29, 0.717) is 10.6 Å². The van der Waals surface area contributed by atoms with Gasteiger partial charge < -0.3 is 14.7 Å². The minimum absolute atomic E-state index is 0.346. The van der Waals surface area contributed by atoms with E-state index in [2.05, 4.69) is 52.1 Å². The van der Waals surface area contributed by atoms with Crippen LogP contribution >= 0.6 is 12.2 Å². The van der Waals surface area contributed by atoms with Gasteiger partial charge in [0.1, 0.15) is 16.6 Å². The molecule has 1 aliphatic rings. The molecule has 6 heteroatoms. The Morgan fingerprint density at radius 2 is 2.04 bits per heavy atom. The lowest BCUT2D eigenvalue weighted by Crippen LogP contribution is -2.30. The van der Waals surface area contributed by atoms with Crippen LogP contribution in [-0.2, 0) is 0 Å². The fourth-order valence-corrected chi connectivity index (χ4v) is 3.25. The zero-order valence-electron chi connectivity index (χ0n) is 16.1. The van der Waals surface area contributed by atoms with Crippen LogP contribution in [0.2, 0.25) is 0 Å².